The van der Waals surface area contributed by atoms with Crippen LogP contribution in [0.3, 0.4) is 0 Å². The molecule has 0 radical (unpaired) electrons. The molecule has 1 fully saturated rings. The zero-order valence-electron chi connectivity index (χ0n) is 11.5. The van der Waals surface area contributed by atoms with Gasteiger partial charge in [0.1, 0.15) is 6.33 Å². The van der Waals surface area contributed by atoms with Crippen LogP contribution in [0.2, 0.25) is 5.28 Å². The molecule has 0 bridgehead atoms. The van der Waals surface area contributed by atoms with Gasteiger partial charge in [-0.15, -0.1) is 0 Å². The Bertz CT molecular complexity index is 590. The van der Waals surface area contributed by atoms with Gasteiger partial charge in [-0.05, 0) is 24.4 Å². The summed E-state index contributed by atoms with van der Waals surface area (Å²) < 4.78 is 1.67. The van der Waals surface area contributed by atoms with Crippen LogP contribution in [0.25, 0.3) is 5.95 Å². The summed E-state index contributed by atoms with van der Waals surface area (Å²) in [6.07, 6.45) is 9.30. The van der Waals surface area contributed by atoms with Crippen LogP contribution in [0.4, 0.5) is 5.95 Å². The summed E-state index contributed by atoms with van der Waals surface area (Å²) in [4.78, 5) is 16.5. The zero-order valence-corrected chi connectivity index (χ0v) is 12.2. The van der Waals surface area contributed by atoms with Gasteiger partial charge in [-0.3, -0.25) is 4.57 Å². The number of aliphatic hydroxyl groups excluding tert-OH is 1. The van der Waals surface area contributed by atoms with Crippen molar-refractivity contribution >= 4 is 17.5 Å². The van der Waals surface area contributed by atoms with Gasteiger partial charge < -0.3 is 10.4 Å². The van der Waals surface area contributed by atoms with E-state index in [9.17, 15) is 5.11 Å². The summed E-state index contributed by atoms with van der Waals surface area (Å²) in [5.41, 5.74) is 0. The second-order valence-corrected chi connectivity index (χ2v) is 5.51. The van der Waals surface area contributed by atoms with Crippen LogP contribution in [0, 0.1) is 5.92 Å². The molecular weight excluding hydrogens is 292 g/mol. The fourth-order valence-corrected chi connectivity index (χ4v) is 2.83. The molecule has 1 aliphatic rings. The smallest absolute Gasteiger partial charge is 0.241 e. The number of aromatic nitrogens is 5. The van der Waals surface area contributed by atoms with E-state index in [1.54, 1.807) is 23.3 Å². The van der Waals surface area contributed by atoms with Crippen molar-refractivity contribution in [3.05, 3.63) is 24.0 Å². The van der Waals surface area contributed by atoms with E-state index in [0.29, 0.717) is 11.9 Å². The molecule has 2 aromatic rings. The maximum absolute atomic E-state index is 9.47. The van der Waals surface area contributed by atoms with Gasteiger partial charge in [-0.2, -0.15) is 15.0 Å². The predicted octanol–water partition coefficient (Wildman–Crippen LogP) is 1.67. The normalized spacial score (nSPS) is 22.2. The molecule has 21 heavy (non-hydrogen) atoms. The van der Waals surface area contributed by atoms with Gasteiger partial charge in [0.15, 0.2) is 0 Å². The van der Waals surface area contributed by atoms with Crippen LogP contribution in [0.5, 0.6) is 0 Å². The van der Waals surface area contributed by atoms with E-state index >= 15 is 0 Å². The van der Waals surface area contributed by atoms with Crippen molar-refractivity contribution in [1.29, 1.82) is 0 Å². The SMILES string of the molecule is OCC1CCCCC1Nc1nc(Cl)nc(-n2ccnc2)n1. The number of halogens is 1. The van der Waals surface area contributed by atoms with Crippen molar-refractivity contribution in [2.45, 2.75) is 31.7 Å². The molecule has 112 valence electrons. The van der Waals surface area contributed by atoms with Crippen molar-refractivity contribution in [1.82, 2.24) is 24.5 Å². The van der Waals surface area contributed by atoms with Gasteiger partial charge in [0, 0.05) is 31.0 Å². The fraction of sp³-hybridized carbons (Fsp3) is 0.538. The second kappa shape index (κ2) is 6.36. The average Bonchev–Trinajstić information content (AvgIpc) is 3.01. The molecule has 7 nitrogen and oxygen atoms in total. The summed E-state index contributed by atoms with van der Waals surface area (Å²) in [5, 5.41) is 12.9. The lowest BCUT2D eigenvalue weighted by molar-refractivity contribution is 0.178. The van der Waals surface area contributed by atoms with E-state index in [2.05, 4.69) is 25.3 Å². The van der Waals surface area contributed by atoms with Crippen molar-refractivity contribution in [3.8, 4) is 5.95 Å². The molecule has 0 aromatic carbocycles. The Morgan fingerprint density at radius 3 is 2.90 bits per heavy atom. The molecule has 2 aromatic heterocycles. The largest absolute Gasteiger partial charge is 0.396 e. The predicted molar refractivity (Wildman–Crippen MR) is 78.4 cm³/mol. The van der Waals surface area contributed by atoms with Crippen molar-refractivity contribution in [2.75, 3.05) is 11.9 Å². The number of imidazole rings is 1. The summed E-state index contributed by atoms with van der Waals surface area (Å²) >= 11 is 5.97. The number of aliphatic hydroxyl groups is 1. The molecule has 8 heteroatoms. The minimum absolute atomic E-state index is 0.132. The molecule has 2 atom stereocenters. The van der Waals surface area contributed by atoms with Crippen LogP contribution >= 0.6 is 11.6 Å². The number of rotatable bonds is 4. The lowest BCUT2D eigenvalue weighted by Crippen LogP contribution is -2.35. The maximum Gasteiger partial charge on any atom is 0.241 e. The van der Waals surface area contributed by atoms with E-state index in [4.69, 9.17) is 11.6 Å². The second-order valence-electron chi connectivity index (χ2n) is 5.18. The van der Waals surface area contributed by atoms with E-state index < -0.39 is 0 Å². The molecule has 2 unspecified atom stereocenters. The van der Waals surface area contributed by atoms with E-state index in [0.717, 1.165) is 25.7 Å². The summed E-state index contributed by atoms with van der Waals surface area (Å²) in [7, 11) is 0. The van der Waals surface area contributed by atoms with Gasteiger partial charge in [0.25, 0.3) is 0 Å². The highest BCUT2D eigenvalue weighted by atomic mass is 35.5. The first-order valence-electron chi connectivity index (χ1n) is 7.03. The number of hydrogen-bond donors (Lipinski definition) is 2. The third-order valence-corrected chi connectivity index (χ3v) is 3.96. The molecule has 2 N–H and O–H groups in total. The third-order valence-electron chi connectivity index (χ3n) is 3.79. The summed E-state index contributed by atoms with van der Waals surface area (Å²) in [6.45, 7) is 0.171. The quantitative estimate of drug-likeness (QED) is 0.893. The molecular formula is C13H17ClN6O. The van der Waals surface area contributed by atoms with Crippen molar-refractivity contribution < 1.29 is 5.11 Å². The van der Waals surface area contributed by atoms with E-state index in [1.165, 1.54) is 0 Å². The molecule has 2 heterocycles. The average molecular weight is 309 g/mol. The van der Waals surface area contributed by atoms with Crippen molar-refractivity contribution in [2.24, 2.45) is 5.92 Å². The summed E-state index contributed by atoms with van der Waals surface area (Å²) in [5.74, 6) is 1.08. The Hall–Kier alpha value is -1.73. The first-order chi connectivity index (χ1) is 10.3. The topological polar surface area (TPSA) is 88.8 Å². The number of nitrogens with one attached hydrogen (secondary N) is 1. The lowest BCUT2D eigenvalue weighted by atomic mass is 9.85. The Labute approximate surface area is 127 Å². The molecule has 0 amide bonds. The summed E-state index contributed by atoms with van der Waals surface area (Å²) in [6, 6.07) is 0.165. The fourth-order valence-electron chi connectivity index (χ4n) is 2.68. The Morgan fingerprint density at radius 2 is 2.14 bits per heavy atom. The monoisotopic (exact) mass is 308 g/mol. The van der Waals surface area contributed by atoms with Crippen LogP contribution in [0.15, 0.2) is 18.7 Å². The maximum atomic E-state index is 9.47. The van der Waals surface area contributed by atoms with E-state index in [-0.39, 0.29) is 23.9 Å². The van der Waals surface area contributed by atoms with Gasteiger partial charge in [0.05, 0.1) is 0 Å². The molecule has 0 aliphatic heterocycles. The Kier molecular flexibility index (Phi) is 4.31. The molecule has 1 saturated carbocycles. The number of hydrogen-bond acceptors (Lipinski definition) is 6. The molecule has 1 aliphatic carbocycles. The highest BCUT2D eigenvalue weighted by Gasteiger charge is 2.25. The minimum atomic E-state index is 0.132. The Balaban J connectivity index is 1.82. The molecule has 0 spiro atoms. The van der Waals surface area contributed by atoms with Gasteiger partial charge >= 0.3 is 0 Å². The minimum Gasteiger partial charge on any atom is -0.396 e. The van der Waals surface area contributed by atoms with Crippen LogP contribution in [-0.4, -0.2) is 42.3 Å². The number of anilines is 1. The molecule has 3 rings (SSSR count). The third kappa shape index (κ3) is 3.30. The first-order valence-corrected chi connectivity index (χ1v) is 7.41. The first kappa shape index (κ1) is 14.2. The van der Waals surface area contributed by atoms with Gasteiger partial charge in [-0.1, -0.05) is 12.8 Å². The van der Waals surface area contributed by atoms with Crippen LogP contribution in [0.1, 0.15) is 25.7 Å². The van der Waals surface area contributed by atoms with Crippen LogP contribution in [-0.2, 0) is 0 Å². The number of nitrogens with zero attached hydrogens (tertiary/aromatic N) is 5. The zero-order chi connectivity index (χ0) is 14.7. The van der Waals surface area contributed by atoms with E-state index in [1.807, 2.05) is 0 Å². The van der Waals surface area contributed by atoms with Gasteiger partial charge in [-0.25, -0.2) is 4.98 Å². The highest BCUT2D eigenvalue weighted by Crippen LogP contribution is 2.26. The highest BCUT2D eigenvalue weighted by molar-refractivity contribution is 6.28. The Morgan fingerprint density at radius 1 is 1.29 bits per heavy atom. The van der Waals surface area contributed by atoms with Crippen molar-refractivity contribution in [3.63, 3.8) is 0 Å². The lowest BCUT2D eigenvalue weighted by Gasteiger charge is -2.30. The molecule has 0 saturated heterocycles. The van der Waals surface area contributed by atoms with Gasteiger partial charge in [0.2, 0.25) is 17.2 Å². The van der Waals surface area contributed by atoms with Crippen LogP contribution < -0.4 is 5.32 Å². The standard InChI is InChI=1S/C13H17ClN6O/c14-11-17-12(16-10-4-2-1-3-9(10)7-21)19-13(18-11)20-6-5-15-8-20/h5-6,8-10,21H,1-4,7H2,(H,16,17,18,19).